The monoisotopic (exact) mass is 158 g/mol. The summed E-state index contributed by atoms with van der Waals surface area (Å²) in [5.41, 5.74) is 0. The SMILES string of the molecule is O=P(O)(O)OCCCF. The molecular weight excluding hydrogens is 150 g/mol. The Hall–Kier alpha value is 0.0400. The molecule has 0 aromatic heterocycles. The van der Waals surface area contributed by atoms with E-state index in [0.717, 1.165) is 0 Å². The molecule has 0 atom stereocenters. The van der Waals surface area contributed by atoms with E-state index in [4.69, 9.17) is 9.79 Å². The van der Waals surface area contributed by atoms with Gasteiger partial charge in [-0.05, 0) is 6.42 Å². The van der Waals surface area contributed by atoms with Gasteiger partial charge >= 0.3 is 7.82 Å². The lowest BCUT2D eigenvalue weighted by Gasteiger charge is -2.01. The van der Waals surface area contributed by atoms with Gasteiger partial charge in [0, 0.05) is 0 Å². The molecule has 0 heterocycles. The van der Waals surface area contributed by atoms with Gasteiger partial charge in [-0.2, -0.15) is 0 Å². The van der Waals surface area contributed by atoms with Gasteiger partial charge < -0.3 is 9.79 Å². The molecule has 0 saturated carbocycles. The molecule has 2 N–H and O–H groups in total. The molecule has 0 amide bonds. The number of rotatable bonds is 4. The molecule has 56 valence electrons. The van der Waals surface area contributed by atoms with Crippen molar-refractivity contribution in [3.63, 3.8) is 0 Å². The summed E-state index contributed by atoms with van der Waals surface area (Å²) in [6, 6.07) is 0. The van der Waals surface area contributed by atoms with Crippen LogP contribution in [0.25, 0.3) is 0 Å². The second kappa shape index (κ2) is 3.95. The summed E-state index contributed by atoms with van der Waals surface area (Å²) in [6.45, 7) is -0.860. The summed E-state index contributed by atoms with van der Waals surface area (Å²) < 4.78 is 25.0. The molecule has 0 fully saturated rings. The average molecular weight is 158 g/mol. The number of hydrogen-bond donors (Lipinski definition) is 2. The van der Waals surface area contributed by atoms with Crippen molar-refractivity contribution in [1.29, 1.82) is 0 Å². The predicted octanol–water partition coefficient (Wildman–Crippen LogP) is 0.455. The second-order valence-corrected chi connectivity index (χ2v) is 2.61. The van der Waals surface area contributed by atoms with Crippen LogP contribution >= 0.6 is 7.82 Å². The summed E-state index contributed by atoms with van der Waals surface area (Å²) in [4.78, 5) is 16.0. The van der Waals surface area contributed by atoms with Gasteiger partial charge in [-0.3, -0.25) is 8.91 Å². The van der Waals surface area contributed by atoms with Crippen molar-refractivity contribution in [2.24, 2.45) is 0 Å². The third-order valence-electron chi connectivity index (χ3n) is 0.537. The maximum absolute atomic E-state index is 11.2. The predicted molar refractivity (Wildman–Crippen MR) is 28.6 cm³/mol. The fourth-order valence-corrected chi connectivity index (χ4v) is 0.605. The van der Waals surface area contributed by atoms with E-state index in [-0.39, 0.29) is 13.0 Å². The van der Waals surface area contributed by atoms with Crippen LogP contribution in [-0.2, 0) is 9.09 Å². The van der Waals surface area contributed by atoms with E-state index in [1.165, 1.54) is 0 Å². The molecule has 0 aliphatic heterocycles. The first-order valence-corrected chi connectivity index (χ1v) is 3.85. The Bertz CT molecular complexity index is 110. The minimum absolute atomic E-state index is 0.0190. The van der Waals surface area contributed by atoms with Gasteiger partial charge in [-0.1, -0.05) is 0 Å². The summed E-state index contributed by atoms with van der Waals surface area (Å²) >= 11 is 0. The van der Waals surface area contributed by atoms with Crippen molar-refractivity contribution in [1.82, 2.24) is 0 Å². The van der Waals surface area contributed by atoms with Gasteiger partial charge in [0.1, 0.15) is 0 Å². The number of halogens is 1. The Morgan fingerprint density at radius 3 is 2.44 bits per heavy atom. The highest BCUT2D eigenvalue weighted by atomic mass is 31.2. The smallest absolute Gasteiger partial charge is 0.303 e. The highest BCUT2D eigenvalue weighted by molar-refractivity contribution is 7.46. The fraction of sp³-hybridized carbons (Fsp3) is 1.00. The molecule has 0 rings (SSSR count). The largest absolute Gasteiger partial charge is 0.469 e. The standard InChI is InChI=1S/C3H8FO4P/c4-2-1-3-8-9(5,6)7/h1-3H2,(H2,5,6,7). The summed E-state index contributed by atoms with van der Waals surface area (Å²) in [6.07, 6.45) is 0.0190. The molecule has 0 aliphatic carbocycles. The third-order valence-corrected chi connectivity index (χ3v) is 1.06. The Morgan fingerprint density at radius 2 is 2.11 bits per heavy atom. The van der Waals surface area contributed by atoms with E-state index >= 15 is 0 Å². The molecule has 4 nitrogen and oxygen atoms in total. The molecule has 6 heteroatoms. The summed E-state index contributed by atoms with van der Waals surface area (Å²) in [5, 5.41) is 0. The van der Waals surface area contributed by atoms with E-state index in [0.29, 0.717) is 0 Å². The van der Waals surface area contributed by atoms with Crippen LogP contribution in [0, 0.1) is 0 Å². The van der Waals surface area contributed by atoms with Crippen LogP contribution < -0.4 is 0 Å². The van der Waals surface area contributed by atoms with Gasteiger partial charge in [-0.15, -0.1) is 0 Å². The van der Waals surface area contributed by atoms with Gasteiger partial charge in [0.15, 0.2) is 0 Å². The number of alkyl halides is 1. The highest BCUT2D eigenvalue weighted by Crippen LogP contribution is 2.35. The van der Waals surface area contributed by atoms with Crippen LogP contribution in [0.3, 0.4) is 0 Å². The minimum atomic E-state index is -4.36. The molecule has 9 heavy (non-hydrogen) atoms. The summed E-state index contributed by atoms with van der Waals surface area (Å²) in [5.74, 6) is 0. The zero-order valence-corrected chi connectivity index (χ0v) is 5.55. The molecule has 0 radical (unpaired) electrons. The lowest BCUT2D eigenvalue weighted by Crippen LogP contribution is -1.92. The second-order valence-electron chi connectivity index (χ2n) is 1.37. The number of phosphoric ester groups is 1. The molecule has 0 saturated heterocycles. The molecule has 0 aromatic carbocycles. The Morgan fingerprint density at radius 1 is 1.56 bits per heavy atom. The van der Waals surface area contributed by atoms with Gasteiger partial charge in [-0.25, -0.2) is 4.57 Å². The lowest BCUT2D eigenvalue weighted by molar-refractivity contribution is 0.190. The van der Waals surface area contributed by atoms with Crippen LogP contribution in [0.4, 0.5) is 4.39 Å². The van der Waals surface area contributed by atoms with Crippen molar-refractivity contribution in [3.05, 3.63) is 0 Å². The molecule has 0 bridgehead atoms. The van der Waals surface area contributed by atoms with Crippen molar-refractivity contribution in [2.45, 2.75) is 6.42 Å². The van der Waals surface area contributed by atoms with E-state index in [1.54, 1.807) is 0 Å². The van der Waals surface area contributed by atoms with Crippen LogP contribution in [-0.4, -0.2) is 23.1 Å². The van der Waals surface area contributed by atoms with E-state index in [1.807, 2.05) is 0 Å². The molecule has 0 spiro atoms. The molecule has 0 aromatic rings. The highest BCUT2D eigenvalue weighted by Gasteiger charge is 2.11. The third kappa shape index (κ3) is 8.04. The van der Waals surface area contributed by atoms with E-state index in [9.17, 15) is 8.96 Å². The van der Waals surface area contributed by atoms with Gasteiger partial charge in [0.05, 0.1) is 13.3 Å². The first-order valence-electron chi connectivity index (χ1n) is 2.32. The van der Waals surface area contributed by atoms with Crippen molar-refractivity contribution < 1.29 is 23.3 Å². The number of hydrogen-bond acceptors (Lipinski definition) is 2. The molecule has 0 aliphatic rings. The quantitative estimate of drug-likeness (QED) is 0.460. The van der Waals surface area contributed by atoms with Crippen LogP contribution in [0.15, 0.2) is 0 Å². The van der Waals surface area contributed by atoms with E-state index in [2.05, 4.69) is 4.52 Å². The average Bonchev–Trinajstić information content (AvgIpc) is 1.63. The Kier molecular flexibility index (Phi) is 3.97. The first-order chi connectivity index (χ1) is 4.06. The zero-order chi connectivity index (χ0) is 7.33. The van der Waals surface area contributed by atoms with Gasteiger partial charge in [0.2, 0.25) is 0 Å². The van der Waals surface area contributed by atoms with Crippen molar-refractivity contribution in [2.75, 3.05) is 13.3 Å². The Labute approximate surface area is 51.9 Å². The Balaban J connectivity index is 3.18. The summed E-state index contributed by atoms with van der Waals surface area (Å²) in [7, 11) is -4.36. The van der Waals surface area contributed by atoms with E-state index < -0.39 is 14.5 Å². The normalized spacial score (nSPS) is 11.9. The molecular formula is C3H8FO4P. The van der Waals surface area contributed by atoms with Crippen molar-refractivity contribution in [3.8, 4) is 0 Å². The van der Waals surface area contributed by atoms with Crippen molar-refractivity contribution >= 4 is 7.82 Å². The zero-order valence-electron chi connectivity index (χ0n) is 4.66. The van der Waals surface area contributed by atoms with Crippen LogP contribution in [0.2, 0.25) is 0 Å². The number of phosphoric acid groups is 1. The van der Waals surface area contributed by atoms with Crippen LogP contribution in [0.1, 0.15) is 6.42 Å². The first kappa shape index (κ1) is 9.04. The minimum Gasteiger partial charge on any atom is -0.303 e. The topological polar surface area (TPSA) is 66.8 Å². The molecule has 0 unspecified atom stereocenters. The fourth-order valence-electron chi connectivity index (χ4n) is 0.238. The lowest BCUT2D eigenvalue weighted by atomic mass is 10.5. The maximum atomic E-state index is 11.2. The maximum Gasteiger partial charge on any atom is 0.469 e. The van der Waals surface area contributed by atoms with Gasteiger partial charge in [0.25, 0.3) is 0 Å². The van der Waals surface area contributed by atoms with Crippen LogP contribution in [0.5, 0.6) is 0 Å².